The van der Waals surface area contributed by atoms with E-state index in [2.05, 4.69) is 27.2 Å². The van der Waals surface area contributed by atoms with E-state index in [4.69, 9.17) is 0 Å². The molecular formula is C35H31F3N4O2. The van der Waals surface area contributed by atoms with Crippen LogP contribution in [0.15, 0.2) is 96.0 Å². The van der Waals surface area contributed by atoms with Gasteiger partial charge >= 0.3 is 6.18 Å². The molecule has 1 saturated heterocycles. The smallest absolute Gasteiger partial charge is 0.369 e. The van der Waals surface area contributed by atoms with Gasteiger partial charge in [0.2, 0.25) is 0 Å². The Morgan fingerprint density at radius 3 is 2.30 bits per heavy atom. The summed E-state index contributed by atoms with van der Waals surface area (Å²) in [5.41, 5.74) is 5.09. The Bertz CT molecular complexity index is 1740. The van der Waals surface area contributed by atoms with E-state index in [1.807, 2.05) is 48.5 Å². The molecule has 0 bridgehead atoms. The van der Waals surface area contributed by atoms with Crippen molar-refractivity contribution < 1.29 is 22.8 Å². The summed E-state index contributed by atoms with van der Waals surface area (Å²) in [6, 6.07) is 25.4. The number of hydrogen-bond donors (Lipinski definition) is 1. The second kappa shape index (κ2) is 12.1. The predicted molar refractivity (Wildman–Crippen MR) is 165 cm³/mol. The molecule has 2 aliphatic heterocycles. The van der Waals surface area contributed by atoms with Gasteiger partial charge in [-0.2, -0.15) is 13.2 Å². The molecule has 9 heteroatoms. The van der Waals surface area contributed by atoms with Crippen molar-refractivity contribution in [3.63, 3.8) is 0 Å². The number of piperazine rings is 1. The van der Waals surface area contributed by atoms with Crippen LogP contribution in [0.2, 0.25) is 0 Å². The van der Waals surface area contributed by atoms with E-state index in [9.17, 15) is 22.8 Å². The lowest BCUT2D eigenvalue weighted by Gasteiger charge is -2.34. The number of benzene rings is 4. The van der Waals surface area contributed by atoms with E-state index in [0.717, 1.165) is 66.3 Å². The first-order chi connectivity index (χ1) is 21.1. The van der Waals surface area contributed by atoms with E-state index in [1.54, 1.807) is 18.2 Å². The second-order valence-corrected chi connectivity index (χ2v) is 11.2. The van der Waals surface area contributed by atoms with Crippen LogP contribution in [-0.2, 0) is 19.1 Å². The van der Waals surface area contributed by atoms with E-state index in [-0.39, 0.29) is 18.1 Å². The first-order valence-corrected chi connectivity index (χ1v) is 14.5. The van der Waals surface area contributed by atoms with E-state index in [1.165, 1.54) is 12.1 Å². The molecule has 2 heterocycles. The fraction of sp³-hybridized carbons (Fsp3) is 0.229. The van der Waals surface area contributed by atoms with Crippen molar-refractivity contribution in [2.75, 3.05) is 38.1 Å². The molecule has 0 radical (unpaired) electrons. The van der Waals surface area contributed by atoms with Crippen molar-refractivity contribution in [3.8, 4) is 11.1 Å². The zero-order valence-corrected chi connectivity index (χ0v) is 24.2. The van der Waals surface area contributed by atoms with Gasteiger partial charge < -0.3 is 15.1 Å². The minimum Gasteiger partial charge on any atom is -0.369 e. The van der Waals surface area contributed by atoms with Gasteiger partial charge in [0.25, 0.3) is 5.91 Å². The lowest BCUT2D eigenvalue weighted by atomic mass is 9.96. The highest BCUT2D eigenvalue weighted by atomic mass is 19.4. The van der Waals surface area contributed by atoms with Gasteiger partial charge in [0, 0.05) is 55.0 Å². The number of halogens is 3. The highest BCUT2D eigenvalue weighted by molar-refractivity contribution is 6.14. The van der Waals surface area contributed by atoms with Crippen molar-refractivity contribution >= 4 is 23.2 Å². The summed E-state index contributed by atoms with van der Waals surface area (Å²) in [5.74, 6) is 0.0273. The standard InChI is InChI=1S/C35H31F3N4O2/c1-41-14-16-42(17-15-41)30-11-8-24(9-12-30)34(44)40-33-31-13-10-26(21-28(31)22-39-33)25-5-3-6-27(20-25)32(43)19-23-4-2-7-29(18-23)35(36,37)38/h2-13,18,20-21H,14-17,19,22H2,1H3,(H,39,40,44). The molecule has 0 unspecified atom stereocenters. The molecule has 6 rings (SSSR count). The van der Waals surface area contributed by atoms with Crippen molar-refractivity contribution in [1.29, 1.82) is 0 Å². The van der Waals surface area contributed by atoms with Gasteiger partial charge in [-0.05, 0) is 71.8 Å². The van der Waals surface area contributed by atoms with Crippen LogP contribution in [0.25, 0.3) is 11.1 Å². The number of amidine groups is 1. The number of likely N-dealkylation sites (N-methyl/N-ethyl adjacent to an activating group) is 1. The third-order valence-electron chi connectivity index (χ3n) is 8.13. The largest absolute Gasteiger partial charge is 0.416 e. The minimum absolute atomic E-state index is 0.132. The van der Waals surface area contributed by atoms with E-state index < -0.39 is 11.7 Å². The maximum absolute atomic E-state index is 13.1. The summed E-state index contributed by atoms with van der Waals surface area (Å²) < 4.78 is 39.3. The molecule has 0 aliphatic carbocycles. The maximum Gasteiger partial charge on any atom is 0.416 e. The monoisotopic (exact) mass is 596 g/mol. The van der Waals surface area contributed by atoms with Crippen LogP contribution in [0.5, 0.6) is 0 Å². The van der Waals surface area contributed by atoms with Gasteiger partial charge in [-0.3, -0.25) is 14.6 Å². The predicted octanol–water partition coefficient (Wildman–Crippen LogP) is 6.24. The lowest BCUT2D eigenvalue weighted by Crippen LogP contribution is -2.44. The third-order valence-corrected chi connectivity index (χ3v) is 8.13. The van der Waals surface area contributed by atoms with Crippen LogP contribution < -0.4 is 10.2 Å². The van der Waals surface area contributed by atoms with Gasteiger partial charge in [-0.1, -0.05) is 48.5 Å². The Labute approximate surface area is 253 Å². The molecule has 1 fully saturated rings. The summed E-state index contributed by atoms with van der Waals surface area (Å²) in [7, 11) is 2.12. The summed E-state index contributed by atoms with van der Waals surface area (Å²) in [5, 5.41) is 2.95. The van der Waals surface area contributed by atoms with Gasteiger partial charge in [-0.15, -0.1) is 0 Å². The number of amides is 1. The quantitative estimate of drug-likeness (QED) is 0.268. The molecule has 0 saturated carbocycles. The van der Waals surface area contributed by atoms with Crippen LogP contribution in [0.3, 0.4) is 0 Å². The molecule has 4 aromatic carbocycles. The average Bonchev–Trinajstić information content (AvgIpc) is 3.43. The number of fused-ring (bicyclic) bond motifs is 1. The van der Waals surface area contributed by atoms with Gasteiger partial charge in [0.15, 0.2) is 5.78 Å². The number of ketones is 1. The molecule has 1 amide bonds. The number of nitrogens with one attached hydrogen (secondary N) is 1. The van der Waals surface area contributed by atoms with E-state index in [0.29, 0.717) is 29.1 Å². The molecule has 1 N–H and O–H groups in total. The van der Waals surface area contributed by atoms with Crippen molar-refractivity contribution in [1.82, 2.24) is 10.2 Å². The van der Waals surface area contributed by atoms with Crippen LogP contribution in [0, 0.1) is 0 Å². The van der Waals surface area contributed by atoms with Crippen LogP contribution in [-0.4, -0.2) is 55.7 Å². The zero-order valence-electron chi connectivity index (χ0n) is 24.2. The molecule has 0 aromatic heterocycles. The molecule has 6 nitrogen and oxygen atoms in total. The third kappa shape index (κ3) is 6.43. The second-order valence-electron chi connectivity index (χ2n) is 11.2. The number of nitrogens with zero attached hydrogens (tertiary/aromatic N) is 3. The lowest BCUT2D eigenvalue weighted by molar-refractivity contribution is -0.137. The number of Topliss-reactive ketones (excluding diaryl/α,β-unsaturated/α-hetero) is 1. The zero-order chi connectivity index (χ0) is 30.8. The summed E-state index contributed by atoms with van der Waals surface area (Å²) in [6.45, 7) is 4.34. The van der Waals surface area contributed by atoms with Crippen molar-refractivity contribution in [2.24, 2.45) is 4.99 Å². The minimum atomic E-state index is -4.46. The molecule has 2 aliphatic rings. The first-order valence-electron chi connectivity index (χ1n) is 14.5. The summed E-state index contributed by atoms with van der Waals surface area (Å²) in [4.78, 5) is 35.2. The number of rotatable bonds is 6. The first kappa shape index (κ1) is 29.3. The Morgan fingerprint density at radius 1 is 0.818 bits per heavy atom. The molecule has 4 aromatic rings. The number of alkyl halides is 3. The molecular weight excluding hydrogens is 565 g/mol. The fourth-order valence-electron chi connectivity index (χ4n) is 5.58. The number of aliphatic imine (C=N–C) groups is 1. The van der Waals surface area contributed by atoms with E-state index >= 15 is 0 Å². The van der Waals surface area contributed by atoms with Gasteiger partial charge in [0.1, 0.15) is 5.84 Å². The Balaban J connectivity index is 1.11. The van der Waals surface area contributed by atoms with Crippen molar-refractivity contribution in [3.05, 3.63) is 124 Å². The van der Waals surface area contributed by atoms with Gasteiger partial charge in [-0.25, -0.2) is 0 Å². The molecule has 44 heavy (non-hydrogen) atoms. The normalized spacial score (nSPS) is 15.1. The highest BCUT2D eigenvalue weighted by Gasteiger charge is 2.30. The molecule has 0 atom stereocenters. The number of carbonyl (C=O) groups excluding carboxylic acids is 2. The Kier molecular flexibility index (Phi) is 8.05. The average molecular weight is 597 g/mol. The fourth-order valence-corrected chi connectivity index (χ4v) is 5.58. The molecule has 224 valence electrons. The van der Waals surface area contributed by atoms with Crippen molar-refractivity contribution in [2.45, 2.75) is 19.1 Å². The SMILES string of the molecule is CN1CCN(c2ccc(C(=O)NC3=NCc4cc(-c5cccc(C(=O)Cc6cccc(C(F)(F)F)c6)c5)ccc43)cc2)CC1. The Morgan fingerprint density at radius 2 is 1.55 bits per heavy atom. The molecule has 0 spiro atoms. The topological polar surface area (TPSA) is 65.0 Å². The number of carbonyl (C=O) groups is 2. The Hall–Kier alpha value is -4.76. The highest BCUT2D eigenvalue weighted by Crippen LogP contribution is 2.30. The van der Waals surface area contributed by atoms with Crippen LogP contribution in [0.4, 0.5) is 18.9 Å². The number of hydrogen-bond acceptors (Lipinski definition) is 5. The number of anilines is 1. The summed E-state index contributed by atoms with van der Waals surface area (Å²) in [6.07, 6.45) is -4.60. The van der Waals surface area contributed by atoms with Crippen LogP contribution >= 0.6 is 0 Å². The summed E-state index contributed by atoms with van der Waals surface area (Å²) >= 11 is 0. The van der Waals surface area contributed by atoms with Gasteiger partial charge in [0.05, 0.1) is 12.1 Å². The van der Waals surface area contributed by atoms with Crippen LogP contribution in [0.1, 0.15) is 43.0 Å². The maximum atomic E-state index is 13.1.